The number of rotatable bonds is 1. The third kappa shape index (κ3) is 3.71. The van der Waals surface area contributed by atoms with Crippen LogP contribution >= 0.6 is 24.8 Å². The first kappa shape index (κ1) is 17.0. The zero-order valence-corrected chi connectivity index (χ0v) is 12.0. The molecule has 2 rings (SSSR count). The molecule has 17 heavy (non-hydrogen) atoms. The van der Waals surface area contributed by atoms with Gasteiger partial charge in [-0.15, -0.1) is 24.8 Å². The van der Waals surface area contributed by atoms with Crippen molar-refractivity contribution >= 4 is 30.7 Å². The Morgan fingerprint density at radius 3 is 2.00 bits per heavy atom. The van der Waals surface area contributed by atoms with Gasteiger partial charge in [0.05, 0.1) is 5.54 Å². The SMILES string of the molecule is CN1CCN(C(=O)C2(N)CCCC2)CC1.Cl.Cl. The molecule has 1 aliphatic heterocycles. The van der Waals surface area contributed by atoms with Crippen LogP contribution in [0.25, 0.3) is 0 Å². The van der Waals surface area contributed by atoms with Crippen LogP contribution in [0.5, 0.6) is 0 Å². The number of amides is 1. The molecule has 0 aromatic carbocycles. The van der Waals surface area contributed by atoms with Crippen molar-refractivity contribution in [2.75, 3.05) is 33.2 Å². The van der Waals surface area contributed by atoms with Gasteiger partial charge in [-0.2, -0.15) is 0 Å². The quantitative estimate of drug-likeness (QED) is 0.777. The van der Waals surface area contributed by atoms with Crippen molar-refractivity contribution in [3.63, 3.8) is 0 Å². The predicted octanol–water partition coefficient (Wildman–Crippen LogP) is 0.875. The lowest BCUT2D eigenvalue weighted by Gasteiger charge is -2.37. The zero-order chi connectivity index (χ0) is 10.9. The molecule has 1 heterocycles. The van der Waals surface area contributed by atoms with Gasteiger partial charge in [0.25, 0.3) is 0 Å². The van der Waals surface area contributed by atoms with Crippen LogP contribution in [-0.2, 0) is 4.79 Å². The van der Waals surface area contributed by atoms with Crippen LogP contribution in [0.1, 0.15) is 25.7 Å². The van der Waals surface area contributed by atoms with Crippen molar-refractivity contribution in [2.24, 2.45) is 5.73 Å². The second-order valence-corrected chi connectivity index (χ2v) is 4.96. The van der Waals surface area contributed by atoms with E-state index >= 15 is 0 Å². The monoisotopic (exact) mass is 283 g/mol. The van der Waals surface area contributed by atoms with E-state index in [1.165, 1.54) is 0 Å². The Morgan fingerprint density at radius 1 is 1.06 bits per heavy atom. The van der Waals surface area contributed by atoms with Gasteiger partial charge in [-0.25, -0.2) is 0 Å². The number of carbonyl (C=O) groups is 1. The first-order chi connectivity index (χ1) is 7.12. The van der Waals surface area contributed by atoms with Gasteiger partial charge in [0.15, 0.2) is 0 Å². The van der Waals surface area contributed by atoms with Crippen LogP contribution in [0, 0.1) is 0 Å². The molecule has 102 valence electrons. The van der Waals surface area contributed by atoms with Crippen LogP contribution in [0.2, 0.25) is 0 Å². The van der Waals surface area contributed by atoms with Crippen LogP contribution in [-0.4, -0.2) is 54.5 Å². The highest BCUT2D eigenvalue weighted by molar-refractivity contribution is 5.86. The number of piperazine rings is 1. The number of likely N-dealkylation sites (N-methyl/N-ethyl adjacent to an activating group) is 1. The van der Waals surface area contributed by atoms with E-state index < -0.39 is 5.54 Å². The summed E-state index contributed by atoms with van der Waals surface area (Å²) in [6.45, 7) is 3.63. The Balaban J connectivity index is 0.00000128. The molecule has 0 atom stereocenters. The van der Waals surface area contributed by atoms with Gasteiger partial charge in [0.2, 0.25) is 5.91 Å². The van der Waals surface area contributed by atoms with E-state index in [1.54, 1.807) is 0 Å². The third-order valence-corrected chi connectivity index (χ3v) is 3.71. The van der Waals surface area contributed by atoms with Crippen molar-refractivity contribution in [1.29, 1.82) is 0 Å². The number of nitrogens with zero attached hydrogens (tertiary/aromatic N) is 2. The Labute approximate surface area is 116 Å². The summed E-state index contributed by atoms with van der Waals surface area (Å²) in [6, 6.07) is 0. The second-order valence-electron chi connectivity index (χ2n) is 4.96. The van der Waals surface area contributed by atoms with Crippen LogP contribution in [0.3, 0.4) is 0 Å². The Morgan fingerprint density at radius 2 is 1.53 bits per heavy atom. The molecule has 1 aliphatic carbocycles. The normalized spacial score (nSPS) is 23.8. The summed E-state index contributed by atoms with van der Waals surface area (Å²) >= 11 is 0. The van der Waals surface area contributed by atoms with Crippen molar-refractivity contribution in [3.8, 4) is 0 Å². The van der Waals surface area contributed by atoms with E-state index in [0.29, 0.717) is 0 Å². The highest BCUT2D eigenvalue weighted by Gasteiger charge is 2.40. The topological polar surface area (TPSA) is 49.6 Å². The molecule has 0 aromatic rings. The molecule has 1 saturated carbocycles. The summed E-state index contributed by atoms with van der Waals surface area (Å²) in [5.41, 5.74) is 5.63. The van der Waals surface area contributed by atoms with Crippen LogP contribution < -0.4 is 5.73 Å². The van der Waals surface area contributed by atoms with Crippen molar-refractivity contribution in [3.05, 3.63) is 0 Å². The lowest BCUT2D eigenvalue weighted by molar-refractivity contribution is -0.138. The minimum Gasteiger partial charge on any atom is -0.339 e. The molecule has 1 saturated heterocycles. The molecule has 0 radical (unpaired) electrons. The first-order valence-electron chi connectivity index (χ1n) is 5.89. The highest BCUT2D eigenvalue weighted by Crippen LogP contribution is 2.29. The smallest absolute Gasteiger partial charge is 0.242 e. The van der Waals surface area contributed by atoms with Crippen molar-refractivity contribution < 1.29 is 4.79 Å². The van der Waals surface area contributed by atoms with Gasteiger partial charge in [0.1, 0.15) is 0 Å². The van der Waals surface area contributed by atoms with Crippen molar-refractivity contribution in [1.82, 2.24) is 9.80 Å². The van der Waals surface area contributed by atoms with Crippen LogP contribution in [0.4, 0.5) is 0 Å². The van der Waals surface area contributed by atoms with E-state index in [-0.39, 0.29) is 30.7 Å². The highest BCUT2D eigenvalue weighted by atomic mass is 35.5. The van der Waals surface area contributed by atoms with Gasteiger partial charge in [-0.05, 0) is 19.9 Å². The fourth-order valence-electron chi connectivity index (χ4n) is 2.54. The van der Waals surface area contributed by atoms with E-state index in [4.69, 9.17) is 5.73 Å². The average molecular weight is 284 g/mol. The molecule has 4 nitrogen and oxygen atoms in total. The summed E-state index contributed by atoms with van der Waals surface area (Å²) in [4.78, 5) is 16.4. The Hall–Kier alpha value is -0.0300. The summed E-state index contributed by atoms with van der Waals surface area (Å²) in [7, 11) is 2.09. The Kier molecular flexibility index (Phi) is 6.77. The summed E-state index contributed by atoms with van der Waals surface area (Å²) in [5, 5.41) is 0. The predicted molar refractivity (Wildman–Crippen MR) is 74.0 cm³/mol. The maximum atomic E-state index is 12.2. The molecule has 1 amide bonds. The van der Waals surface area contributed by atoms with Crippen LogP contribution in [0.15, 0.2) is 0 Å². The number of hydrogen-bond acceptors (Lipinski definition) is 3. The molecule has 0 bridgehead atoms. The molecular formula is C11H23Cl2N3O. The maximum Gasteiger partial charge on any atom is 0.242 e. The van der Waals surface area contributed by atoms with E-state index in [0.717, 1.165) is 51.9 Å². The van der Waals surface area contributed by atoms with E-state index in [2.05, 4.69) is 11.9 Å². The zero-order valence-electron chi connectivity index (χ0n) is 10.4. The van der Waals surface area contributed by atoms with E-state index in [9.17, 15) is 4.79 Å². The number of carbonyl (C=O) groups excluding carboxylic acids is 1. The molecule has 0 unspecified atom stereocenters. The Bertz CT molecular complexity index is 249. The van der Waals surface area contributed by atoms with E-state index in [1.807, 2.05) is 4.90 Å². The summed E-state index contributed by atoms with van der Waals surface area (Å²) in [6.07, 6.45) is 3.96. The summed E-state index contributed by atoms with van der Waals surface area (Å²) in [5.74, 6) is 0.188. The molecule has 2 aliphatic rings. The second kappa shape index (κ2) is 6.78. The average Bonchev–Trinajstić information content (AvgIpc) is 2.67. The number of halogens is 2. The van der Waals surface area contributed by atoms with Gasteiger partial charge in [-0.3, -0.25) is 4.79 Å². The molecular weight excluding hydrogens is 261 g/mol. The molecule has 0 aromatic heterocycles. The summed E-state index contributed by atoms with van der Waals surface area (Å²) < 4.78 is 0. The van der Waals surface area contributed by atoms with Crippen molar-refractivity contribution in [2.45, 2.75) is 31.2 Å². The number of nitrogens with two attached hydrogens (primary N) is 1. The van der Waals surface area contributed by atoms with Gasteiger partial charge in [0, 0.05) is 26.2 Å². The first-order valence-corrected chi connectivity index (χ1v) is 5.89. The minimum absolute atomic E-state index is 0. The minimum atomic E-state index is -0.532. The lowest BCUT2D eigenvalue weighted by Crippen LogP contribution is -2.58. The van der Waals surface area contributed by atoms with Gasteiger partial charge >= 0.3 is 0 Å². The fourth-order valence-corrected chi connectivity index (χ4v) is 2.54. The standard InChI is InChI=1S/C11H21N3O.2ClH/c1-13-6-8-14(9-7-13)10(15)11(12)4-2-3-5-11;;/h2-9,12H2,1H3;2*1H. The molecule has 6 heteroatoms. The number of hydrogen-bond donors (Lipinski definition) is 1. The molecule has 0 spiro atoms. The molecule has 2 fully saturated rings. The van der Waals surface area contributed by atoms with Gasteiger partial charge in [-0.1, -0.05) is 12.8 Å². The maximum absolute atomic E-state index is 12.2. The largest absolute Gasteiger partial charge is 0.339 e. The lowest BCUT2D eigenvalue weighted by atomic mass is 9.97. The third-order valence-electron chi connectivity index (χ3n) is 3.71. The fraction of sp³-hybridized carbons (Fsp3) is 0.909. The molecule has 2 N–H and O–H groups in total. The van der Waals surface area contributed by atoms with Gasteiger partial charge < -0.3 is 15.5 Å².